The van der Waals surface area contributed by atoms with Crippen molar-refractivity contribution in [2.24, 2.45) is 5.92 Å². The van der Waals surface area contributed by atoms with Gasteiger partial charge in [0.25, 0.3) is 0 Å². The molecule has 0 N–H and O–H groups in total. The number of nitrogens with zero attached hydrogens (tertiary/aromatic N) is 1. The maximum atomic E-state index is 6.29. The van der Waals surface area contributed by atoms with Gasteiger partial charge in [-0.2, -0.15) is 0 Å². The third-order valence-electron chi connectivity index (χ3n) is 4.91. The highest BCUT2D eigenvalue weighted by Gasteiger charge is 2.31. The number of thioether (sulfide) groups is 1. The van der Waals surface area contributed by atoms with Crippen LogP contribution in [0.5, 0.6) is 0 Å². The van der Waals surface area contributed by atoms with Gasteiger partial charge in [-0.1, -0.05) is 48.0 Å². The molecule has 130 valence electrons. The van der Waals surface area contributed by atoms with Gasteiger partial charge in [-0.15, -0.1) is 11.8 Å². The minimum Gasteiger partial charge on any atom is -1.00 e. The fourth-order valence-electron chi connectivity index (χ4n) is 3.12. The minimum atomic E-state index is 0. The van der Waals surface area contributed by atoms with Gasteiger partial charge in [0.05, 0.1) is 27.2 Å². The predicted octanol–water partition coefficient (Wildman–Crippen LogP) is 2.34. The van der Waals surface area contributed by atoms with Crippen molar-refractivity contribution in [3.05, 3.63) is 59.2 Å². The Morgan fingerprint density at radius 2 is 2.00 bits per heavy atom. The molecule has 1 nitrogen and oxygen atoms in total. The van der Waals surface area contributed by atoms with Gasteiger partial charge in [0, 0.05) is 27.5 Å². The summed E-state index contributed by atoms with van der Waals surface area (Å²) in [7, 11) is 4.60. The van der Waals surface area contributed by atoms with Crippen LogP contribution in [0.25, 0.3) is 5.57 Å². The first kappa shape index (κ1) is 19.7. The molecule has 24 heavy (non-hydrogen) atoms. The Kier molecular flexibility index (Phi) is 6.66. The Hall–Kier alpha value is -0.670. The second-order valence-electron chi connectivity index (χ2n) is 6.94. The van der Waals surface area contributed by atoms with Crippen LogP contribution in [0.2, 0.25) is 0 Å². The maximum absolute atomic E-state index is 6.29. The van der Waals surface area contributed by atoms with Crippen LogP contribution in [0.3, 0.4) is 0 Å². The molecule has 2 unspecified atom stereocenters. The van der Waals surface area contributed by atoms with E-state index in [2.05, 4.69) is 63.5 Å². The van der Waals surface area contributed by atoms with Crippen molar-refractivity contribution < 1.29 is 16.9 Å². The lowest BCUT2D eigenvalue weighted by atomic mass is 9.85. The summed E-state index contributed by atoms with van der Waals surface area (Å²) in [5.41, 5.74) is 2.83. The highest BCUT2D eigenvalue weighted by molar-refractivity contribution is 8.00. The van der Waals surface area contributed by atoms with Crippen LogP contribution in [-0.4, -0.2) is 36.9 Å². The highest BCUT2D eigenvalue weighted by Crippen LogP contribution is 2.48. The lowest BCUT2D eigenvalue weighted by Gasteiger charge is -2.34. The summed E-state index contributed by atoms with van der Waals surface area (Å²) in [6.07, 6.45) is 10.1. The molecule has 1 heterocycles. The zero-order chi connectivity index (χ0) is 16.4. The second-order valence-corrected chi connectivity index (χ2v) is 8.60. The summed E-state index contributed by atoms with van der Waals surface area (Å²) in [6, 6.07) is 8.77. The average molecular weight is 382 g/mol. The standard InChI is InChI=1S/C20H25ClNS.ClH/c1-4-22(2,3)13-7-9-16-17-8-5-6-10-19(17)23-20-12-11-15(21)14-18(16)20;/h5-6,8-12,14,18,20H,4,7,13H2,1-3H3;1H/q+1;/p-1/b16-9-;. The maximum Gasteiger partial charge on any atom is 0.0817 e. The predicted molar refractivity (Wildman–Crippen MR) is 103 cm³/mol. The van der Waals surface area contributed by atoms with E-state index >= 15 is 0 Å². The number of benzene rings is 1. The molecule has 0 saturated carbocycles. The molecule has 0 spiro atoms. The summed E-state index contributed by atoms with van der Waals surface area (Å²) in [4.78, 5) is 1.39. The van der Waals surface area contributed by atoms with Gasteiger partial charge in [-0.25, -0.2) is 0 Å². The van der Waals surface area contributed by atoms with Crippen molar-refractivity contribution in [2.75, 3.05) is 27.2 Å². The number of quaternary nitrogens is 1. The number of allylic oxidation sites excluding steroid dienone is 4. The first-order chi connectivity index (χ1) is 11.0. The van der Waals surface area contributed by atoms with Gasteiger partial charge in [-0.3, -0.25) is 0 Å². The first-order valence-electron chi connectivity index (χ1n) is 8.34. The SMILES string of the molecule is CC[N+](C)(C)CC/C=C1/c2ccccc2SC2C=CC(Cl)=CC12.[Cl-]. The Labute approximate surface area is 161 Å². The zero-order valence-corrected chi connectivity index (χ0v) is 16.8. The van der Waals surface area contributed by atoms with Crippen LogP contribution in [0.4, 0.5) is 0 Å². The van der Waals surface area contributed by atoms with E-state index in [0.29, 0.717) is 11.2 Å². The van der Waals surface area contributed by atoms with Crippen LogP contribution in [-0.2, 0) is 0 Å². The highest BCUT2D eigenvalue weighted by atomic mass is 35.5. The molecule has 2 aliphatic rings. The van der Waals surface area contributed by atoms with Crippen LogP contribution in [0.1, 0.15) is 18.9 Å². The van der Waals surface area contributed by atoms with Crippen LogP contribution < -0.4 is 12.4 Å². The van der Waals surface area contributed by atoms with Crippen LogP contribution >= 0.6 is 23.4 Å². The molecule has 0 amide bonds. The van der Waals surface area contributed by atoms with Crippen molar-refractivity contribution in [3.8, 4) is 0 Å². The van der Waals surface area contributed by atoms with Gasteiger partial charge in [0.2, 0.25) is 0 Å². The van der Waals surface area contributed by atoms with E-state index in [1.165, 1.54) is 22.6 Å². The average Bonchev–Trinajstić information content (AvgIpc) is 2.54. The first-order valence-corrected chi connectivity index (χ1v) is 9.59. The molecule has 0 bridgehead atoms. The zero-order valence-electron chi connectivity index (χ0n) is 14.5. The van der Waals surface area contributed by atoms with Crippen LogP contribution in [0, 0.1) is 5.92 Å². The monoisotopic (exact) mass is 381 g/mol. The summed E-state index contributed by atoms with van der Waals surface area (Å²) in [5.74, 6) is 0.393. The van der Waals surface area contributed by atoms with E-state index in [0.717, 1.165) is 22.5 Å². The Morgan fingerprint density at radius 3 is 2.75 bits per heavy atom. The summed E-state index contributed by atoms with van der Waals surface area (Å²) >= 11 is 8.25. The lowest BCUT2D eigenvalue weighted by Crippen LogP contribution is -3.00. The molecule has 1 aromatic carbocycles. The molecule has 0 radical (unpaired) electrons. The summed E-state index contributed by atoms with van der Waals surface area (Å²) in [5, 5.41) is 1.33. The Balaban J connectivity index is 0.00000208. The fourth-order valence-corrected chi connectivity index (χ4v) is 4.62. The summed E-state index contributed by atoms with van der Waals surface area (Å²) < 4.78 is 1.06. The van der Waals surface area contributed by atoms with E-state index < -0.39 is 0 Å². The quantitative estimate of drug-likeness (QED) is 0.721. The molecule has 2 atom stereocenters. The van der Waals surface area contributed by atoms with Crippen molar-refractivity contribution in [1.82, 2.24) is 0 Å². The third-order valence-corrected chi connectivity index (χ3v) is 6.50. The van der Waals surface area contributed by atoms with Gasteiger partial charge < -0.3 is 16.9 Å². The van der Waals surface area contributed by atoms with E-state index in [-0.39, 0.29) is 12.4 Å². The van der Waals surface area contributed by atoms with Gasteiger partial charge in [0.15, 0.2) is 0 Å². The number of halogens is 2. The molecule has 0 aromatic heterocycles. The number of hydrogen-bond donors (Lipinski definition) is 0. The number of hydrogen-bond acceptors (Lipinski definition) is 1. The van der Waals surface area contributed by atoms with Crippen molar-refractivity contribution in [2.45, 2.75) is 23.5 Å². The van der Waals surface area contributed by atoms with Crippen molar-refractivity contribution in [3.63, 3.8) is 0 Å². The van der Waals surface area contributed by atoms with E-state index in [4.69, 9.17) is 11.6 Å². The molecule has 3 rings (SSSR count). The fraction of sp³-hybridized carbons (Fsp3) is 0.400. The molecule has 4 heteroatoms. The molecule has 1 aromatic rings. The smallest absolute Gasteiger partial charge is 0.0817 e. The van der Waals surface area contributed by atoms with E-state index in [1.807, 2.05) is 17.8 Å². The lowest BCUT2D eigenvalue weighted by molar-refractivity contribution is -0.888. The molecule has 0 fully saturated rings. The van der Waals surface area contributed by atoms with E-state index in [1.54, 1.807) is 0 Å². The Morgan fingerprint density at radius 1 is 1.25 bits per heavy atom. The largest absolute Gasteiger partial charge is 1.00 e. The third kappa shape index (κ3) is 4.29. The molecular formula is C20H25Cl2NS. The van der Waals surface area contributed by atoms with Gasteiger partial charge in [0.1, 0.15) is 0 Å². The topological polar surface area (TPSA) is 0 Å². The molecular weight excluding hydrogens is 357 g/mol. The van der Waals surface area contributed by atoms with Crippen LogP contribution in [0.15, 0.2) is 58.5 Å². The van der Waals surface area contributed by atoms with Crippen molar-refractivity contribution >= 4 is 28.9 Å². The summed E-state index contributed by atoms with van der Waals surface area (Å²) in [6.45, 7) is 4.58. The number of rotatable bonds is 4. The number of fused-ring (bicyclic) bond motifs is 2. The minimum absolute atomic E-state index is 0. The van der Waals surface area contributed by atoms with Crippen molar-refractivity contribution in [1.29, 1.82) is 0 Å². The van der Waals surface area contributed by atoms with Gasteiger partial charge >= 0.3 is 0 Å². The molecule has 1 aliphatic heterocycles. The molecule has 0 saturated heterocycles. The van der Waals surface area contributed by atoms with Gasteiger partial charge in [-0.05, 0) is 30.2 Å². The second kappa shape index (κ2) is 8.14. The normalized spacial score (nSPS) is 24.0. The Bertz CT molecular complexity index is 676. The molecule has 1 aliphatic carbocycles. The van der Waals surface area contributed by atoms with E-state index in [9.17, 15) is 0 Å².